The molecule has 118 valence electrons. The van der Waals surface area contributed by atoms with Gasteiger partial charge in [-0.25, -0.2) is 4.79 Å². The van der Waals surface area contributed by atoms with Gasteiger partial charge in [-0.15, -0.1) is 0 Å². The van der Waals surface area contributed by atoms with E-state index in [2.05, 4.69) is 10.4 Å². The van der Waals surface area contributed by atoms with Crippen molar-refractivity contribution in [3.8, 4) is 0 Å². The van der Waals surface area contributed by atoms with Crippen LogP contribution in [-0.4, -0.2) is 42.8 Å². The van der Waals surface area contributed by atoms with E-state index in [1.807, 2.05) is 19.9 Å². The first-order chi connectivity index (χ1) is 9.87. The number of aliphatic carboxylic acids is 1. The Kier molecular flexibility index (Phi) is 6.54. The summed E-state index contributed by atoms with van der Waals surface area (Å²) < 4.78 is 13.9. The van der Waals surface area contributed by atoms with Gasteiger partial charge in [0.15, 0.2) is 0 Å². The summed E-state index contributed by atoms with van der Waals surface area (Å²) in [5, 5.41) is 15.7. The van der Waals surface area contributed by atoms with Crippen molar-refractivity contribution >= 4 is 22.7 Å². The van der Waals surface area contributed by atoms with E-state index in [1.165, 1.54) is 6.92 Å². The average molecular weight is 315 g/mol. The van der Waals surface area contributed by atoms with Gasteiger partial charge in [0.25, 0.3) is 0 Å². The van der Waals surface area contributed by atoms with E-state index in [1.54, 1.807) is 4.68 Å². The third-order valence-electron chi connectivity index (χ3n) is 2.91. The van der Waals surface area contributed by atoms with Crippen LogP contribution in [0.1, 0.15) is 32.2 Å². The van der Waals surface area contributed by atoms with Crippen LogP contribution in [0.5, 0.6) is 0 Å². The average Bonchev–Trinajstić information content (AvgIpc) is 2.79. The molecule has 2 N–H and O–H groups in total. The first-order valence-electron chi connectivity index (χ1n) is 6.77. The third-order valence-corrected chi connectivity index (χ3v) is 4.24. The molecule has 2 atom stereocenters. The molecule has 1 aromatic rings. The molecule has 0 aromatic carbocycles. The summed E-state index contributed by atoms with van der Waals surface area (Å²) in [6, 6.07) is 0.752. The van der Waals surface area contributed by atoms with E-state index < -0.39 is 28.7 Å². The maximum Gasteiger partial charge on any atom is 0.327 e. The molecule has 1 unspecified atom stereocenters. The molecule has 0 bridgehead atoms. The number of carboxylic acids is 1. The minimum atomic E-state index is -1.39. The highest BCUT2D eigenvalue weighted by Gasteiger charge is 2.22. The van der Waals surface area contributed by atoms with E-state index in [0.29, 0.717) is 6.54 Å². The summed E-state index contributed by atoms with van der Waals surface area (Å²) in [6.45, 7) is 5.83. The lowest BCUT2D eigenvalue weighted by Gasteiger charge is -2.13. The van der Waals surface area contributed by atoms with Gasteiger partial charge in [-0.3, -0.25) is 13.7 Å². The molecule has 0 saturated heterocycles. The topological polar surface area (TPSA) is 101 Å². The van der Waals surface area contributed by atoms with Gasteiger partial charge in [-0.2, -0.15) is 5.10 Å². The van der Waals surface area contributed by atoms with Gasteiger partial charge in [0.2, 0.25) is 5.91 Å². The highest BCUT2D eigenvalue weighted by atomic mass is 32.2. The fraction of sp³-hybridized carbons (Fsp3) is 0.615. The predicted octanol–water partition coefficient (Wildman–Crippen LogP) is 0.303. The molecule has 0 aliphatic carbocycles. The van der Waals surface area contributed by atoms with Crippen LogP contribution in [0.25, 0.3) is 0 Å². The molecule has 0 saturated carbocycles. The Morgan fingerprint density at radius 1 is 1.48 bits per heavy atom. The van der Waals surface area contributed by atoms with E-state index in [9.17, 15) is 13.8 Å². The van der Waals surface area contributed by atoms with Gasteiger partial charge in [-0.05, 0) is 19.4 Å². The summed E-state index contributed by atoms with van der Waals surface area (Å²) in [4.78, 5) is 22.0. The molecule has 1 rings (SSSR count). The second-order valence-electron chi connectivity index (χ2n) is 4.64. The molecule has 0 radical (unpaired) electrons. The second-order valence-corrected chi connectivity index (χ2v) is 6.14. The summed E-state index contributed by atoms with van der Waals surface area (Å²) in [5.41, 5.74) is 1.74. The van der Waals surface area contributed by atoms with Crippen LogP contribution in [-0.2, 0) is 39.1 Å². The Morgan fingerprint density at radius 3 is 2.62 bits per heavy atom. The van der Waals surface area contributed by atoms with Crippen molar-refractivity contribution in [3.63, 3.8) is 0 Å². The predicted molar refractivity (Wildman–Crippen MR) is 79.2 cm³/mol. The standard InChI is InChI=1S/C13H21N3O4S/c1-4-10-6-11(16(5-2)15-10)7-21(20)8-12(13(18)19)14-9(3)17/h6,12H,4-5,7-8H2,1-3H3,(H,14,17)(H,18,19)/t12-,21?/m0/s1. The van der Waals surface area contributed by atoms with Gasteiger partial charge in [0, 0.05) is 24.3 Å². The monoisotopic (exact) mass is 315 g/mol. The number of carboxylic acid groups (broad SMARTS) is 1. The molecule has 0 aliphatic heterocycles. The zero-order valence-corrected chi connectivity index (χ0v) is 13.3. The molecule has 1 aromatic heterocycles. The fourth-order valence-corrected chi connectivity index (χ4v) is 3.19. The fourth-order valence-electron chi connectivity index (χ4n) is 1.91. The molecule has 8 heteroatoms. The maximum atomic E-state index is 12.1. The van der Waals surface area contributed by atoms with Crippen LogP contribution in [0, 0.1) is 0 Å². The minimum absolute atomic E-state index is 0.120. The Hall–Kier alpha value is -1.70. The summed E-state index contributed by atoms with van der Waals surface area (Å²) in [5.74, 6) is -1.53. The lowest BCUT2D eigenvalue weighted by atomic mass is 10.3. The van der Waals surface area contributed by atoms with Crippen molar-refractivity contribution in [2.24, 2.45) is 0 Å². The Balaban J connectivity index is 2.73. The lowest BCUT2D eigenvalue weighted by Crippen LogP contribution is -2.43. The Bertz CT molecular complexity index is 542. The van der Waals surface area contributed by atoms with E-state index in [-0.39, 0.29) is 11.5 Å². The minimum Gasteiger partial charge on any atom is -0.480 e. The number of nitrogens with one attached hydrogen (secondary N) is 1. The molecular weight excluding hydrogens is 294 g/mol. The normalized spacial score (nSPS) is 13.7. The Morgan fingerprint density at radius 2 is 2.14 bits per heavy atom. The molecule has 7 nitrogen and oxygen atoms in total. The zero-order valence-electron chi connectivity index (χ0n) is 12.5. The van der Waals surface area contributed by atoms with E-state index >= 15 is 0 Å². The van der Waals surface area contributed by atoms with Crippen LogP contribution in [0.2, 0.25) is 0 Å². The van der Waals surface area contributed by atoms with Gasteiger partial charge in [-0.1, -0.05) is 6.92 Å². The van der Waals surface area contributed by atoms with Crippen molar-refractivity contribution < 1.29 is 18.9 Å². The molecule has 0 spiro atoms. The molecule has 21 heavy (non-hydrogen) atoms. The van der Waals surface area contributed by atoms with E-state index in [0.717, 1.165) is 17.8 Å². The quantitative estimate of drug-likeness (QED) is 0.718. The number of aryl methyl sites for hydroxylation is 2. The molecule has 0 aliphatic rings. The van der Waals surface area contributed by atoms with Crippen molar-refractivity contribution in [1.29, 1.82) is 0 Å². The number of rotatable bonds is 8. The van der Waals surface area contributed by atoms with Crippen LogP contribution >= 0.6 is 0 Å². The molecule has 1 amide bonds. The highest BCUT2D eigenvalue weighted by molar-refractivity contribution is 7.84. The van der Waals surface area contributed by atoms with Gasteiger partial charge >= 0.3 is 5.97 Å². The first-order valence-corrected chi connectivity index (χ1v) is 8.26. The Labute approximate surface area is 126 Å². The number of amides is 1. The number of carbonyl (C=O) groups is 2. The molecule has 1 heterocycles. The number of carbonyl (C=O) groups excluding carboxylic acids is 1. The zero-order chi connectivity index (χ0) is 16.0. The van der Waals surface area contributed by atoms with Crippen molar-refractivity contribution in [3.05, 3.63) is 17.5 Å². The third kappa shape index (κ3) is 5.30. The van der Waals surface area contributed by atoms with Crippen molar-refractivity contribution in [2.75, 3.05) is 5.75 Å². The largest absolute Gasteiger partial charge is 0.480 e. The first kappa shape index (κ1) is 17.4. The highest BCUT2D eigenvalue weighted by Crippen LogP contribution is 2.09. The van der Waals surface area contributed by atoms with Crippen LogP contribution < -0.4 is 5.32 Å². The van der Waals surface area contributed by atoms with Crippen molar-refractivity contribution in [1.82, 2.24) is 15.1 Å². The number of hydrogen-bond donors (Lipinski definition) is 2. The summed E-state index contributed by atoms with van der Waals surface area (Å²) >= 11 is 0. The number of nitrogens with zero attached hydrogens (tertiary/aromatic N) is 2. The number of hydrogen-bond acceptors (Lipinski definition) is 4. The lowest BCUT2D eigenvalue weighted by molar-refractivity contribution is -0.140. The van der Waals surface area contributed by atoms with Gasteiger partial charge in [0.1, 0.15) is 6.04 Å². The van der Waals surface area contributed by atoms with E-state index in [4.69, 9.17) is 5.11 Å². The van der Waals surface area contributed by atoms with Crippen LogP contribution in [0.15, 0.2) is 6.07 Å². The smallest absolute Gasteiger partial charge is 0.327 e. The number of aromatic nitrogens is 2. The SMILES string of the molecule is CCc1cc(CS(=O)C[C@H](NC(C)=O)C(=O)O)n(CC)n1. The van der Waals surface area contributed by atoms with Gasteiger partial charge in [0.05, 0.1) is 22.9 Å². The summed E-state index contributed by atoms with van der Waals surface area (Å²) in [6.07, 6.45) is 0.788. The van der Waals surface area contributed by atoms with Crippen LogP contribution in [0.4, 0.5) is 0 Å². The van der Waals surface area contributed by atoms with Crippen molar-refractivity contribution in [2.45, 2.75) is 45.5 Å². The second kappa shape index (κ2) is 7.92. The summed E-state index contributed by atoms with van der Waals surface area (Å²) in [7, 11) is -1.39. The molecule has 0 fully saturated rings. The van der Waals surface area contributed by atoms with Crippen LogP contribution in [0.3, 0.4) is 0 Å². The molecular formula is C13H21N3O4S. The van der Waals surface area contributed by atoms with Gasteiger partial charge < -0.3 is 10.4 Å². The maximum absolute atomic E-state index is 12.1.